The Morgan fingerprint density at radius 2 is 1.78 bits per heavy atom. The summed E-state index contributed by atoms with van der Waals surface area (Å²) in [7, 11) is 0. The van der Waals surface area contributed by atoms with E-state index in [1.54, 1.807) is 6.92 Å². The van der Waals surface area contributed by atoms with Crippen LogP contribution in [0.5, 0.6) is 11.5 Å². The Labute approximate surface area is 190 Å². The Hall–Kier alpha value is -3.20. The topological polar surface area (TPSA) is 74.6 Å². The van der Waals surface area contributed by atoms with E-state index in [0.717, 1.165) is 49.1 Å². The predicted molar refractivity (Wildman–Crippen MR) is 124 cm³/mol. The molecule has 168 valence electrons. The summed E-state index contributed by atoms with van der Waals surface area (Å²) in [5.41, 5.74) is 2.18. The van der Waals surface area contributed by atoms with Crippen molar-refractivity contribution < 1.29 is 14.3 Å². The first-order valence-corrected chi connectivity index (χ1v) is 11.5. The number of anilines is 1. The summed E-state index contributed by atoms with van der Waals surface area (Å²) in [4.78, 5) is 14.3. The van der Waals surface area contributed by atoms with Crippen LogP contribution in [-0.4, -0.2) is 31.7 Å². The second-order valence-electron chi connectivity index (χ2n) is 8.87. The lowest BCUT2D eigenvalue weighted by Gasteiger charge is -2.20. The van der Waals surface area contributed by atoms with Crippen molar-refractivity contribution >= 4 is 11.6 Å². The van der Waals surface area contributed by atoms with Crippen LogP contribution in [0.2, 0.25) is 0 Å². The molecular weight excluding hydrogens is 402 g/mol. The van der Waals surface area contributed by atoms with Gasteiger partial charge in [-0.1, -0.05) is 12.1 Å². The van der Waals surface area contributed by atoms with Crippen molar-refractivity contribution in [3.63, 3.8) is 0 Å². The molecule has 2 aliphatic rings. The second-order valence-corrected chi connectivity index (χ2v) is 8.87. The molecule has 1 unspecified atom stereocenters. The van der Waals surface area contributed by atoms with Gasteiger partial charge in [0.2, 0.25) is 5.91 Å². The van der Waals surface area contributed by atoms with Gasteiger partial charge in [0.05, 0.1) is 25.3 Å². The lowest BCUT2D eigenvalue weighted by molar-refractivity contribution is -0.123. The SMILES string of the molecule is CC(C#N)C(=O)N[C@@H](C)c1ccc(O[C@@H]2CCN(c3ccc(OCC4CC4)cc3)C2)cc1. The lowest BCUT2D eigenvalue weighted by Crippen LogP contribution is -2.30. The molecule has 6 heteroatoms. The Kier molecular flexibility index (Phi) is 6.84. The maximum atomic E-state index is 11.9. The van der Waals surface area contributed by atoms with Crippen LogP contribution in [0.1, 0.15) is 44.7 Å². The van der Waals surface area contributed by atoms with Crippen molar-refractivity contribution in [2.45, 2.75) is 45.3 Å². The van der Waals surface area contributed by atoms with Crippen LogP contribution in [0.25, 0.3) is 0 Å². The highest BCUT2D eigenvalue weighted by Gasteiger charge is 2.25. The second kappa shape index (κ2) is 9.95. The molecule has 1 saturated carbocycles. The highest BCUT2D eigenvalue weighted by atomic mass is 16.5. The van der Waals surface area contributed by atoms with Gasteiger partial charge in [0, 0.05) is 18.7 Å². The fraction of sp³-hybridized carbons (Fsp3) is 0.462. The van der Waals surface area contributed by atoms with Gasteiger partial charge in [0.15, 0.2) is 0 Å². The fourth-order valence-electron chi connectivity index (χ4n) is 3.82. The molecule has 2 aromatic rings. The first-order valence-electron chi connectivity index (χ1n) is 11.5. The molecular formula is C26H31N3O3. The zero-order valence-electron chi connectivity index (χ0n) is 18.8. The van der Waals surface area contributed by atoms with E-state index in [9.17, 15) is 4.79 Å². The number of rotatable bonds is 9. The molecule has 2 fully saturated rings. The predicted octanol–water partition coefficient (Wildman–Crippen LogP) is 4.47. The van der Waals surface area contributed by atoms with Crippen molar-refractivity contribution in [1.82, 2.24) is 5.32 Å². The van der Waals surface area contributed by atoms with Gasteiger partial charge in [-0.3, -0.25) is 4.79 Å². The van der Waals surface area contributed by atoms with E-state index in [1.165, 1.54) is 18.5 Å². The summed E-state index contributed by atoms with van der Waals surface area (Å²) in [6.07, 6.45) is 3.71. The van der Waals surface area contributed by atoms with Gasteiger partial charge in [-0.25, -0.2) is 0 Å². The standard InChI is InChI=1S/C26H31N3O3/c1-18(15-27)26(30)28-19(2)21-5-9-24(10-6-21)32-25-13-14-29(16-25)22-7-11-23(12-8-22)31-17-20-3-4-20/h5-12,18-20,25H,3-4,13-14,16-17H2,1-2H3,(H,28,30)/t18?,19-,25+/m0/s1. The van der Waals surface area contributed by atoms with E-state index < -0.39 is 5.92 Å². The van der Waals surface area contributed by atoms with Crippen molar-refractivity contribution in [3.05, 3.63) is 54.1 Å². The van der Waals surface area contributed by atoms with Crippen molar-refractivity contribution in [3.8, 4) is 17.6 Å². The minimum Gasteiger partial charge on any atom is -0.493 e. The van der Waals surface area contributed by atoms with Crippen LogP contribution in [0.3, 0.4) is 0 Å². The third kappa shape index (κ3) is 5.73. The summed E-state index contributed by atoms with van der Waals surface area (Å²) in [6, 6.07) is 18.0. The molecule has 1 aliphatic heterocycles. The molecule has 32 heavy (non-hydrogen) atoms. The average Bonchev–Trinajstić information content (AvgIpc) is 3.54. The molecule has 1 amide bonds. The Balaban J connectivity index is 1.26. The lowest BCUT2D eigenvalue weighted by atomic mass is 10.1. The van der Waals surface area contributed by atoms with E-state index in [2.05, 4.69) is 34.5 Å². The minimum absolute atomic E-state index is 0.139. The molecule has 6 nitrogen and oxygen atoms in total. The van der Waals surface area contributed by atoms with E-state index in [-0.39, 0.29) is 18.1 Å². The molecule has 3 atom stereocenters. The van der Waals surface area contributed by atoms with E-state index >= 15 is 0 Å². The number of nitrogens with zero attached hydrogens (tertiary/aromatic N) is 2. The third-order valence-electron chi connectivity index (χ3n) is 6.16. The van der Waals surface area contributed by atoms with Crippen molar-refractivity contribution in [2.24, 2.45) is 11.8 Å². The smallest absolute Gasteiger partial charge is 0.237 e. The molecule has 0 aromatic heterocycles. The number of hydrogen-bond acceptors (Lipinski definition) is 5. The molecule has 0 spiro atoms. The quantitative estimate of drug-likeness (QED) is 0.632. The monoisotopic (exact) mass is 433 g/mol. The highest BCUT2D eigenvalue weighted by Crippen LogP contribution is 2.30. The Morgan fingerprint density at radius 1 is 1.09 bits per heavy atom. The van der Waals surface area contributed by atoms with E-state index in [0.29, 0.717) is 0 Å². The summed E-state index contributed by atoms with van der Waals surface area (Å²) in [5.74, 6) is 1.62. The van der Waals surface area contributed by atoms with E-state index in [4.69, 9.17) is 14.7 Å². The van der Waals surface area contributed by atoms with Gasteiger partial charge >= 0.3 is 0 Å². The van der Waals surface area contributed by atoms with Gasteiger partial charge in [0.25, 0.3) is 0 Å². The molecule has 0 bridgehead atoms. The average molecular weight is 434 g/mol. The summed E-state index contributed by atoms with van der Waals surface area (Å²) < 4.78 is 12.0. The summed E-state index contributed by atoms with van der Waals surface area (Å²) in [6.45, 7) is 6.16. The maximum Gasteiger partial charge on any atom is 0.237 e. The van der Waals surface area contributed by atoms with Crippen molar-refractivity contribution in [1.29, 1.82) is 5.26 Å². The van der Waals surface area contributed by atoms with Crippen LogP contribution in [-0.2, 0) is 4.79 Å². The molecule has 2 aromatic carbocycles. The van der Waals surface area contributed by atoms with Gasteiger partial charge in [-0.05, 0) is 74.6 Å². The summed E-state index contributed by atoms with van der Waals surface area (Å²) in [5, 5.41) is 11.7. The maximum absolute atomic E-state index is 11.9. The molecule has 1 saturated heterocycles. The zero-order valence-corrected chi connectivity index (χ0v) is 18.8. The first kappa shape index (κ1) is 22.0. The largest absolute Gasteiger partial charge is 0.493 e. The molecule has 1 aliphatic carbocycles. The number of ether oxygens (including phenoxy) is 2. The molecule has 1 N–H and O–H groups in total. The number of nitriles is 1. The Bertz CT molecular complexity index is 948. The number of benzene rings is 2. The normalized spacial score (nSPS) is 19.7. The number of amides is 1. The zero-order chi connectivity index (χ0) is 22.5. The summed E-state index contributed by atoms with van der Waals surface area (Å²) >= 11 is 0. The van der Waals surface area contributed by atoms with Crippen LogP contribution in [0.15, 0.2) is 48.5 Å². The fourth-order valence-corrected chi connectivity index (χ4v) is 3.82. The van der Waals surface area contributed by atoms with E-state index in [1.807, 2.05) is 37.3 Å². The number of carbonyl (C=O) groups excluding carboxylic acids is 1. The molecule has 0 radical (unpaired) electrons. The van der Waals surface area contributed by atoms with Gasteiger partial charge in [0.1, 0.15) is 23.5 Å². The first-order chi connectivity index (χ1) is 15.5. The van der Waals surface area contributed by atoms with Gasteiger partial charge in [-0.2, -0.15) is 5.26 Å². The number of hydrogen-bond donors (Lipinski definition) is 1. The third-order valence-corrected chi connectivity index (χ3v) is 6.16. The van der Waals surface area contributed by atoms with Crippen molar-refractivity contribution in [2.75, 3.05) is 24.6 Å². The Morgan fingerprint density at radius 3 is 2.44 bits per heavy atom. The molecule has 1 heterocycles. The van der Waals surface area contributed by atoms with Crippen LogP contribution >= 0.6 is 0 Å². The van der Waals surface area contributed by atoms with Crippen LogP contribution < -0.4 is 19.7 Å². The highest BCUT2D eigenvalue weighted by molar-refractivity contribution is 5.81. The van der Waals surface area contributed by atoms with Gasteiger partial charge < -0.3 is 19.7 Å². The van der Waals surface area contributed by atoms with Gasteiger partial charge in [-0.15, -0.1) is 0 Å². The van der Waals surface area contributed by atoms with Crippen LogP contribution in [0.4, 0.5) is 5.69 Å². The minimum atomic E-state index is -0.656. The number of carbonyl (C=O) groups is 1. The van der Waals surface area contributed by atoms with Crippen LogP contribution in [0, 0.1) is 23.2 Å². The molecule has 4 rings (SSSR count). The number of nitrogens with one attached hydrogen (secondary N) is 1.